The van der Waals surface area contributed by atoms with E-state index in [1.165, 1.54) is 25.0 Å². The minimum absolute atomic E-state index is 0.343. The van der Waals surface area contributed by atoms with Crippen LogP contribution in [0.2, 0.25) is 0 Å². The van der Waals surface area contributed by atoms with Crippen LogP contribution in [0.4, 0.5) is 13.2 Å². The van der Waals surface area contributed by atoms with Gasteiger partial charge < -0.3 is 10.6 Å². The lowest BCUT2D eigenvalue weighted by atomic mass is 10.1. The van der Waals surface area contributed by atoms with Gasteiger partial charge in [-0.3, -0.25) is 4.90 Å². The number of benzene rings is 1. The molecular formula is C18H27F3N4. The molecule has 1 aliphatic rings. The van der Waals surface area contributed by atoms with Crippen molar-refractivity contribution in [2.24, 2.45) is 4.99 Å². The van der Waals surface area contributed by atoms with Crippen molar-refractivity contribution < 1.29 is 13.2 Å². The van der Waals surface area contributed by atoms with Crippen LogP contribution in [0, 0.1) is 0 Å². The Bertz CT molecular complexity index is 554. The molecule has 7 heteroatoms. The summed E-state index contributed by atoms with van der Waals surface area (Å²) in [4.78, 5) is 6.93. The first-order valence-electron chi connectivity index (χ1n) is 8.86. The van der Waals surface area contributed by atoms with Crippen molar-refractivity contribution in [3.63, 3.8) is 0 Å². The summed E-state index contributed by atoms with van der Waals surface area (Å²) in [7, 11) is 0. The molecule has 1 aromatic rings. The van der Waals surface area contributed by atoms with E-state index in [2.05, 4.69) is 27.4 Å². The maximum Gasteiger partial charge on any atom is 0.416 e. The maximum atomic E-state index is 12.6. The van der Waals surface area contributed by atoms with Crippen LogP contribution < -0.4 is 10.6 Å². The Balaban J connectivity index is 1.92. The molecular weight excluding hydrogens is 329 g/mol. The van der Waals surface area contributed by atoms with Crippen molar-refractivity contribution in [3.05, 3.63) is 35.4 Å². The number of hydrogen-bond donors (Lipinski definition) is 2. The van der Waals surface area contributed by atoms with Gasteiger partial charge in [0.1, 0.15) is 0 Å². The van der Waals surface area contributed by atoms with Crippen LogP contribution in [0.1, 0.15) is 37.8 Å². The van der Waals surface area contributed by atoms with Crippen molar-refractivity contribution in [2.75, 3.05) is 26.2 Å². The van der Waals surface area contributed by atoms with Crippen molar-refractivity contribution in [2.45, 2.75) is 45.5 Å². The quantitative estimate of drug-likeness (QED) is 0.607. The molecule has 1 unspecified atom stereocenters. The van der Waals surface area contributed by atoms with Gasteiger partial charge in [0.25, 0.3) is 0 Å². The van der Waals surface area contributed by atoms with Gasteiger partial charge in [0.05, 0.1) is 12.1 Å². The lowest BCUT2D eigenvalue weighted by molar-refractivity contribution is -0.137. The van der Waals surface area contributed by atoms with E-state index in [-0.39, 0.29) is 0 Å². The topological polar surface area (TPSA) is 39.7 Å². The molecule has 0 saturated carbocycles. The first-order chi connectivity index (χ1) is 11.9. The Morgan fingerprint density at radius 2 is 1.92 bits per heavy atom. The highest BCUT2D eigenvalue weighted by Crippen LogP contribution is 2.29. The molecule has 25 heavy (non-hydrogen) atoms. The normalized spacial score (nSPS) is 19.2. The zero-order valence-electron chi connectivity index (χ0n) is 14.9. The van der Waals surface area contributed by atoms with Crippen molar-refractivity contribution >= 4 is 5.96 Å². The van der Waals surface area contributed by atoms with Gasteiger partial charge in [0.2, 0.25) is 0 Å². The molecule has 2 N–H and O–H groups in total. The second kappa shape index (κ2) is 9.08. The standard InChI is InChI=1S/C18H27F3N4/c1-3-22-17(24-13-16-6-5-11-25(16)4-2)23-12-14-7-9-15(10-8-14)18(19,20)21/h7-10,16H,3-6,11-13H2,1-2H3,(H2,22,23,24). The number of nitrogens with zero attached hydrogens (tertiary/aromatic N) is 2. The Hall–Kier alpha value is -1.76. The van der Waals surface area contributed by atoms with Gasteiger partial charge in [0, 0.05) is 19.1 Å². The summed E-state index contributed by atoms with van der Waals surface area (Å²) >= 11 is 0. The molecule has 0 aromatic heterocycles. The van der Waals surface area contributed by atoms with Gasteiger partial charge in [-0.1, -0.05) is 19.1 Å². The van der Waals surface area contributed by atoms with Crippen molar-refractivity contribution in [1.29, 1.82) is 0 Å². The number of halogens is 3. The average molecular weight is 356 g/mol. The molecule has 1 aromatic carbocycles. The number of alkyl halides is 3. The molecule has 0 amide bonds. The molecule has 0 aliphatic carbocycles. The van der Waals surface area contributed by atoms with Crippen LogP contribution in [0.25, 0.3) is 0 Å². The maximum absolute atomic E-state index is 12.6. The fourth-order valence-electron chi connectivity index (χ4n) is 3.07. The Morgan fingerprint density at radius 1 is 1.20 bits per heavy atom. The highest BCUT2D eigenvalue weighted by atomic mass is 19.4. The lowest BCUT2D eigenvalue weighted by Gasteiger charge is -2.24. The van der Waals surface area contributed by atoms with Crippen LogP contribution >= 0.6 is 0 Å². The van der Waals surface area contributed by atoms with Crippen LogP contribution in [0.3, 0.4) is 0 Å². The van der Waals surface area contributed by atoms with E-state index in [0.717, 1.165) is 43.9 Å². The third-order valence-electron chi connectivity index (χ3n) is 4.46. The van der Waals surface area contributed by atoms with Gasteiger partial charge in [0.15, 0.2) is 5.96 Å². The first kappa shape index (κ1) is 19.6. The molecule has 1 atom stereocenters. The van der Waals surface area contributed by atoms with E-state index in [4.69, 9.17) is 0 Å². The zero-order chi connectivity index (χ0) is 18.3. The number of rotatable bonds is 6. The van der Waals surface area contributed by atoms with Crippen LogP contribution in [-0.2, 0) is 12.7 Å². The Morgan fingerprint density at radius 3 is 2.52 bits per heavy atom. The molecule has 1 fully saturated rings. The minimum Gasteiger partial charge on any atom is -0.357 e. The summed E-state index contributed by atoms with van der Waals surface area (Å²) in [6.07, 6.45) is -1.90. The number of guanidine groups is 1. The predicted octanol–water partition coefficient (Wildman–Crippen LogP) is 3.24. The number of nitrogens with one attached hydrogen (secondary N) is 2. The first-order valence-corrected chi connectivity index (χ1v) is 8.86. The van der Waals surface area contributed by atoms with Gasteiger partial charge in [-0.05, 0) is 50.6 Å². The molecule has 140 valence electrons. The van der Waals surface area contributed by atoms with E-state index in [1.807, 2.05) is 6.92 Å². The van der Waals surface area contributed by atoms with Crippen molar-refractivity contribution in [1.82, 2.24) is 15.5 Å². The fraction of sp³-hybridized carbons (Fsp3) is 0.611. The highest BCUT2D eigenvalue weighted by Gasteiger charge is 2.29. The molecule has 4 nitrogen and oxygen atoms in total. The largest absolute Gasteiger partial charge is 0.416 e. The number of aliphatic imine (C=N–C) groups is 1. The average Bonchev–Trinajstić information content (AvgIpc) is 3.04. The summed E-state index contributed by atoms with van der Waals surface area (Å²) in [6, 6.07) is 5.67. The number of likely N-dealkylation sites (tertiary alicyclic amines) is 1. The minimum atomic E-state index is -4.30. The van der Waals surface area contributed by atoms with Crippen molar-refractivity contribution in [3.8, 4) is 0 Å². The van der Waals surface area contributed by atoms with Crippen LogP contribution in [0.15, 0.2) is 29.3 Å². The predicted molar refractivity (Wildman–Crippen MR) is 94.5 cm³/mol. The molecule has 1 aliphatic heterocycles. The molecule has 1 heterocycles. The monoisotopic (exact) mass is 356 g/mol. The second-order valence-electron chi connectivity index (χ2n) is 6.20. The molecule has 0 spiro atoms. The third kappa shape index (κ3) is 5.92. The van der Waals surface area contributed by atoms with Gasteiger partial charge in [-0.15, -0.1) is 0 Å². The third-order valence-corrected chi connectivity index (χ3v) is 4.46. The Labute approximate surface area is 147 Å². The molecule has 0 bridgehead atoms. The van der Waals surface area contributed by atoms with Gasteiger partial charge >= 0.3 is 6.18 Å². The smallest absolute Gasteiger partial charge is 0.357 e. The number of likely N-dealkylation sites (N-methyl/N-ethyl adjacent to an activating group) is 1. The van der Waals surface area contributed by atoms with E-state index in [9.17, 15) is 13.2 Å². The zero-order valence-corrected chi connectivity index (χ0v) is 14.9. The number of hydrogen-bond acceptors (Lipinski definition) is 2. The van der Waals surface area contributed by atoms with E-state index >= 15 is 0 Å². The summed E-state index contributed by atoms with van der Waals surface area (Å²) in [5.74, 6) is 0.699. The van der Waals surface area contributed by atoms with Gasteiger partial charge in [-0.25, -0.2) is 4.99 Å². The SMILES string of the molecule is CCNC(=NCc1ccc(C(F)(F)F)cc1)NCC1CCCN1CC. The summed E-state index contributed by atoms with van der Waals surface area (Å²) < 4.78 is 37.8. The van der Waals surface area contributed by atoms with E-state index in [1.54, 1.807) is 0 Å². The van der Waals surface area contributed by atoms with E-state index < -0.39 is 11.7 Å². The summed E-state index contributed by atoms with van der Waals surface area (Å²) in [5, 5.41) is 6.54. The van der Waals surface area contributed by atoms with Crippen LogP contribution in [0.5, 0.6) is 0 Å². The molecule has 2 rings (SSSR count). The lowest BCUT2D eigenvalue weighted by Crippen LogP contribution is -2.44. The van der Waals surface area contributed by atoms with E-state index in [0.29, 0.717) is 18.5 Å². The van der Waals surface area contributed by atoms with Crippen LogP contribution in [-0.4, -0.2) is 43.1 Å². The highest BCUT2D eigenvalue weighted by molar-refractivity contribution is 5.79. The second-order valence-corrected chi connectivity index (χ2v) is 6.20. The summed E-state index contributed by atoms with van der Waals surface area (Å²) in [6.45, 7) is 8.25. The molecule has 0 radical (unpaired) electrons. The van der Waals surface area contributed by atoms with Gasteiger partial charge in [-0.2, -0.15) is 13.2 Å². The summed E-state index contributed by atoms with van der Waals surface area (Å²) in [5.41, 5.74) is 0.118. The fourth-order valence-corrected chi connectivity index (χ4v) is 3.07. The Kier molecular flexibility index (Phi) is 7.11. The molecule has 1 saturated heterocycles.